The van der Waals surface area contributed by atoms with E-state index in [2.05, 4.69) is 42.3 Å². The van der Waals surface area contributed by atoms with Crippen LogP contribution in [-0.2, 0) is 11.2 Å². The van der Waals surface area contributed by atoms with Gasteiger partial charge < -0.3 is 15.0 Å². The summed E-state index contributed by atoms with van der Waals surface area (Å²) in [6.45, 7) is 7.04. The average molecular weight is 330 g/mol. The highest BCUT2D eigenvalue weighted by Crippen LogP contribution is 2.27. The number of carbonyl (C=O) groups is 1. The number of ether oxygens (including phenoxy) is 1. The van der Waals surface area contributed by atoms with E-state index in [4.69, 9.17) is 4.74 Å². The molecule has 4 nitrogen and oxygen atoms in total. The summed E-state index contributed by atoms with van der Waals surface area (Å²) in [6, 6.07) is 7.13. The molecule has 1 saturated carbocycles. The molecule has 1 aliphatic carbocycles. The van der Waals surface area contributed by atoms with E-state index in [1.807, 2.05) is 0 Å². The highest BCUT2D eigenvalue weighted by molar-refractivity contribution is 5.67. The Kier molecular flexibility index (Phi) is 5.77. The zero-order chi connectivity index (χ0) is 16.9. The van der Waals surface area contributed by atoms with E-state index in [-0.39, 0.29) is 12.2 Å². The number of carbonyl (C=O) groups excluding carboxylic acids is 1. The number of amides is 1. The number of hydrogen-bond donors (Lipinski definition) is 1. The Labute approximate surface area is 145 Å². The highest BCUT2D eigenvalue weighted by atomic mass is 16.6. The second kappa shape index (κ2) is 8.02. The summed E-state index contributed by atoms with van der Waals surface area (Å²) >= 11 is 0. The molecule has 0 aromatic heterocycles. The van der Waals surface area contributed by atoms with Crippen molar-refractivity contribution in [2.24, 2.45) is 0 Å². The highest BCUT2D eigenvalue weighted by Gasteiger charge is 2.29. The van der Waals surface area contributed by atoms with Gasteiger partial charge in [0.2, 0.25) is 0 Å². The largest absolute Gasteiger partial charge is 0.446 e. The minimum Gasteiger partial charge on any atom is -0.446 e. The van der Waals surface area contributed by atoms with Crippen LogP contribution in [0.5, 0.6) is 0 Å². The van der Waals surface area contributed by atoms with Gasteiger partial charge in [0, 0.05) is 25.7 Å². The SMILES string of the molecule is Cc1cccc(CCNC(=O)OC2CCN(C3CCC3)CC2)c1C. The van der Waals surface area contributed by atoms with Gasteiger partial charge in [-0.2, -0.15) is 0 Å². The number of alkyl carbamates (subject to hydrolysis) is 1. The van der Waals surface area contributed by atoms with E-state index in [9.17, 15) is 4.79 Å². The average Bonchev–Trinajstić information content (AvgIpc) is 2.52. The topological polar surface area (TPSA) is 41.6 Å². The van der Waals surface area contributed by atoms with Crippen molar-refractivity contribution in [3.05, 3.63) is 34.9 Å². The maximum absolute atomic E-state index is 12.0. The van der Waals surface area contributed by atoms with Crippen molar-refractivity contribution in [1.29, 1.82) is 0 Å². The van der Waals surface area contributed by atoms with Crippen molar-refractivity contribution in [3.63, 3.8) is 0 Å². The minimum absolute atomic E-state index is 0.0852. The molecule has 2 fully saturated rings. The third kappa shape index (κ3) is 4.29. The lowest BCUT2D eigenvalue weighted by Crippen LogP contribution is -2.47. The van der Waals surface area contributed by atoms with Crippen molar-refractivity contribution in [1.82, 2.24) is 10.2 Å². The lowest BCUT2D eigenvalue weighted by molar-refractivity contribution is 0.0232. The Bertz CT molecular complexity index is 561. The smallest absolute Gasteiger partial charge is 0.407 e. The summed E-state index contributed by atoms with van der Waals surface area (Å²) in [4.78, 5) is 14.6. The Morgan fingerprint density at radius 3 is 2.62 bits per heavy atom. The molecule has 1 aromatic carbocycles. The summed E-state index contributed by atoms with van der Waals surface area (Å²) < 4.78 is 5.59. The molecule has 1 saturated heterocycles. The Morgan fingerprint density at radius 1 is 1.21 bits per heavy atom. The van der Waals surface area contributed by atoms with E-state index >= 15 is 0 Å². The molecule has 1 N–H and O–H groups in total. The van der Waals surface area contributed by atoms with Crippen LogP contribution in [0.2, 0.25) is 0 Å². The van der Waals surface area contributed by atoms with Gasteiger partial charge in [0.15, 0.2) is 0 Å². The summed E-state index contributed by atoms with van der Waals surface area (Å²) in [5, 5.41) is 2.91. The van der Waals surface area contributed by atoms with Crippen LogP contribution < -0.4 is 5.32 Å². The first kappa shape index (κ1) is 17.3. The molecule has 0 radical (unpaired) electrons. The van der Waals surface area contributed by atoms with Crippen LogP contribution in [0.4, 0.5) is 4.79 Å². The quantitative estimate of drug-likeness (QED) is 0.897. The Morgan fingerprint density at radius 2 is 1.96 bits per heavy atom. The van der Waals surface area contributed by atoms with Crippen LogP contribution in [0, 0.1) is 13.8 Å². The monoisotopic (exact) mass is 330 g/mol. The number of hydrogen-bond acceptors (Lipinski definition) is 3. The number of likely N-dealkylation sites (tertiary alicyclic amines) is 1. The van der Waals surface area contributed by atoms with E-state index in [1.54, 1.807) is 0 Å². The van der Waals surface area contributed by atoms with Crippen molar-refractivity contribution in [3.8, 4) is 0 Å². The third-order valence-electron chi connectivity index (χ3n) is 5.72. The van der Waals surface area contributed by atoms with Gasteiger partial charge in [0.1, 0.15) is 6.10 Å². The molecule has 0 spiro atoms. The number of aryl methyl sites for hydroxylation is 1. The molecule has 2 aliphatic rings. The molecule has 0 bridgehead atoms. The van der Waals surface area contributed by atoms with Gasteiger partial charge in [0.25, 0.3) is 0 Å². The normalized spacial score (nSPS) is 19.8. The molecular weight excluding hydrogens is 300 g/mol. The van der Waals surface area contributed by atoms with Gasteiger partial charge in [-0.05, 0) is 62.6 Å². The zero-order valence-corrected chi connectivity index (χ0v) is 15.0. The molecule has 0 unspecified atom stereocenters. The van der Waals surface area contributed by atoms with Gasteiger partial charge in [-0.15, -0.1) is 0 Å². The number of nitrogens with zero attached hydrogens (tertiary/aromatic N) is 1. The lowest BCUT2D eigenvalue weighted by Gasteiger charge is -2.41. The summed E-state index contributed by atoms with van der Waals surface area (Å²) in [5.41, 5.74) is 3.91. The van der Waals surface area contributed by atoms with E-state index < -0.39 is 0 Å². The molecule has 1 aromatic rings. The fraction of sp³-hybridized carbons (Fsp3) is 0.650. The first-order chi connectivity index (χ1) is 11.6. The van der Waals surface area contributed by atoms with E-state index in [1.165, 1.54) is 36.0 Å². The maximum Gasteiger partial charge on any atom is 0.407 e. The zero-order valence-electron chi connectivity index (χ0n) is 15.0. The molecule has 0 atom stereocenters. The minimum atomic E-state index is -0.262. The second-order valence-corrected chi connectivity index (χ2v) is 7.26. The van der Waals surface area contributed by atoms with Crippen molar-refractivity contribution < 1.29 is 9.53 Å². The fourth-order valence-electron chi connectivity index (χ4n) is 3.69. The van der Waals surface area contributed by atoms with Crippen LogP contribution in [0.15, 0.2) is 18.2 Å². The third-order valence-corrected chi connectivity index (χ3v) is 5.72. The van der Waals surface area contributed by atoms with E-state index in [0.717, 1.165) is 38.4 Å². The molecule has 3 rings (SSSR count). The number of rotatable bonds is 5. The summed E-state index contributed by atoms with van der Waals surface area (Å²) in [5.74, 6) is 0. The lowest BCUT2D eigenvalue weighted by atomic mass is 9.90. The summed E-state index contributed by atoms with van der Waals surface area (Å²) in [6.07, 6.45) is 6.70. The molecule has 4 heteroatoms. The number of piperidine rings is 1. The van der Waals surface area contributed by atoms with Crippen LogP contribution in [0.1, 0.15) is 48.8 Å². The molecule has 24 heavy (non-hydrogen) atoms. The van der Waals surface area contributed by atoms with Gasteiger partial charge in [-0.3, -0.25) is 0 Å². The van der Waals surface area contributed by atoms with Crippen molar-refractivity contribution in [2.45, 2.75) is 64.5 Å². The number of benzene rings is 1. The first-order valence-electron chi connectivity index (χ1n) is 9.37. The first-order valence-corrected chi connectivity index (χ1v) is 9.37. The van der Waals surface area contributed by atoms with Crippen molar-refractivity contribution >= 4 is 6.09 Å². The van der Waals surface area contributed by atoms with Crippen LogP contribution in [0.25, 0.3) is 0 Å². The van der Waals surface area contributed by atoms with Crippen LogP contribution in [-0.4, -0.2) is 42.8 Å². The maximum atomic E-state index is 12.0. The van der Waals surface area contributed by atoms with Gasteiger partial charge >= 0.3 is 6.09 Å². The van der Waals surface area contributed by atoms with Crippen LogP contribution >= 0.6 is 0 Å². The molecule has 132 valence electrons. The van der Waals surface area contributed by atoms with Gasteiger partial charge in [0.05, 0.1) is 0 Å². The van der Waals surface area contributed by atoms with E-state index in [0.29, 0.717) is 6.54 Å². The van der Waals surface area contributed by atoms with Gasteiger partial charge in [-0.1, -0.05) is 24.6 Å². The van der Waals surface area contributed by atoms with Crippen molar-refractivity contribution in [2.75, 3.05) is 19.6 Å². The fourth-order valence-corrected chi connectivity index (χ4v) is 3.69. The number of nitrogens with one attached hydrogen (secondary N) is 1. The molecule has 1 aliphatic heterocycles. The van der Waals surface area contributed by atoms with Crippen LogP contribution in [0.3, 0.4) is 0 Å². The standard InChI is InChI=1S/C20H30N2O2/c1-15-5-3-6-17(16(15)2)9-12-21-20(23)24-19-10-13-22(14-11-19)18-7-4-8-18/h3,5-6,18-19H,4,7-14H2,1-2H3,(H,21,23). The Hall–Kier alpha value is -1.55. The molecular formula is C20H30N2O2. The van der Waals surface area contributed by atoms with Gasteiger partial charge in [-0.25, -0.2) is 4.79 Å². The molecule has 1 heterocycles. The molecule has 1 amide bonds. The predicted molar refractivity (Wildman–Crippen MR) is 96.3 cm³/mol. The second-order valence-electron chi connectivity index (χ2n) is 7.26. The summed E-state index contributed by atoms with van der Waals surface area (Å²) in [7, 11) is 0. The predicted octanol–water partition coefficient (Wildman–Crippen LogP) is 3.59. The Balaban J connectivity index is 1.35.